The summed E-state index contributed by atoms with van der Waals surface area (Å²) in [5, 5.41) is 8.48. The molecule has 0 saturated heterocycles. The minimum atomic E-state index is 0.773. The maximum Gasteiger partial charge on any atom is 0.0407 e. The summed E-state index contributed by atoms with van der Waals surface area (Å²) in [7, 11) is 2.14. The van der Waals surface area contributed by atoms with Gasteiger partial charge >= 0.3 is 0 Å². The molecule has 0 radical (unpaired) electrons. The molecule has 0 bridgehead atoms. The summed E-state index contributed by atoms with van der Waals surface area (Å²) in [6.45, 7) is 2.95. The highest BCUT2D eigenvalue weighted by atomic mass is 35.5. The average molecular weight is 281 g/mol. The van der Waals surface area contributed by atoms with Crippen molar-refractivity contribution in [3.05, 3.63) is 51.7 Å². The summed E-state index contributed by atoms with van der Waals surface area (Å²) in [6, 6.07) is 9.98. The summed E-state index contributed by atoms with van der Waals surface area (Å²) in [6.07, 6.45) is 0. The zero-order valence-electron chi connectivity index (χ0n) is 10.4. The number of thiophene rings is 1. The Hall–Kier alpha value is -1.03. The van der Waals surface area contributed by atoms with Gasteiger partial charge in [-0.15, -0.1) is 0 Å². The summed E-state index contributed by atoms with van der Waals surface area (Å²) in [4.78, 5) is 2.31. The molecule has 0 aliphatic carbocycles. The first-order chi connectivity index (χ1) is 8.74. The van der Waals surface area contributed by atoms with Crippen molar-refractivity contribution < 1.29 is 0 Å². The van der Waals surface area contributed by atoms with E-state index in [2.05, 4.69) is 34.1 Å². The van der Waals surface area contributed by atoms with Crippen LogP contribution in [0, 0.1) is 0 Å². The Morgan fingerprint density at radius 3 is 2.67 bits per heavy atom. The van der Waals surface area contributed by atoms with Crippen molar-refractivity contribution in [2.45, 2.75) is 6.54 Å². The second-order valence-corrected chi connectivity index (χ2v) is 5.52. The van der Waals surface area contributed by atoms with Crippen LogP contribution in [0.25, 0.3) is 0 Å². The van der Waals surface area contributed by atoms with E-state index in [1.165, 1.54) is 5.56 Å². The van der Waals surface area contributed by atoms with Gasteiger partial charge in [-0.25, -0.2) is 0 Å². The Morgan fingerprint density at radius 2 is 2.00 bits per heavy atom. The van der Waals surface area contributed by atoms with Crippen molar-refractivity contribution in [1.82, 2.24) is 4.90 Å². The predicted molar refractivity (Wildman–Crippen MR) is 80.6 cm³/mol. The van der Waals surface area contributed by atoms with Crippen LogP contribution in [0.2, 0.25) is 5.02 Å². The zero-order chi connectivity index (χ0) is 12.8. The van der Waals surface area contributed by atoms with Gasteiger partial charge in [-0.3, -0.25) is 0 Å². The van der Waals surface area contributed by atoms with Crippen LogP contribution < -0.4 is 5.32 Å². The standard InChI is InChI=1S/C14H17ClN2S/c1-17(10-12-6-9-18-11-12)8-7-16-14-4-2-13(15)3-5-14/h2-6,9,11,16H,7-8,10H2,1H3. The van der Waals surface area contributed by atoms with Crippen LogP contribution in [0.4, 0.5) is 5.69 Å². The normalized spacial score (nSPS) is 10.8. The predicted octanol–water partition coefficient (Wildman–Crippen LogP) is 3.95. The fraction of sp³-hybridized carbons (Fsp3) is 0.286. The molecule has 0 aliphatic rings. The van der Waals surface area contributed by atoms with Gasteiger partial charge in [0.25, 0.3) is 0 Å². The first kappa shape index (κ1) is 13.4. The average Bonchev–Trinajstić information content (AvgIpc) is 2.84. The highest BCUT2D eigenvalue weighted by molar-refractivity contribution is 7.07. The number of likely N-dealkylation sites (N-methyl/N-ethyl adjacent to an activating group) is 1. The van der Waals surface area contributed by atoms with E-state index in [1.807, 2.05) is 24.3 Å². The van der Waals surface area contributed by atoms with Crippen molar-refractivity contribution in [2.75, 3.05) is 25.5 Å². The smallest absolute Gasteiger partial charge is 0.0407 e. The van der Waals surface area contributed by atoms with E-state index < -0.39 is 0 Å². The molecule has 0 atom stereocenters. The maximum absolute atomic E-state index is 5.84. The Balaban J connectivity index is 1.70. The van der Waals surface area contributed by atoms with Gasteiger partial charge in [0.2, 0.25) is 0 Å². The summed E-state index contributed by atoms with van der Waals surface area (Å²) in [5.74, 6) is 0. The molecule has 1 N–H and O–H groups in total. The van der Waals surface area contributed by atoms with Gasteiger partial charge < -0.3 is 10.2 Å². The number of benzene rings is 1. The van der Waals surface area contributed by atoms with Crippen LogP contribution in [-0.4, -0.2) is 25.0 Å². The van der Waals surface area contributed by atoms with Gasteiger partial charge in [-0.2, -0.15) is 11.3 Å². The van der Waals surface area contributed by atoms with Crippen molar-refractivity contribution in [1.29, 1.82) is 0 Å². The highest BCUT2D eigenvalue weighted by Crippen LogP contribution is 2.13. The number of nitrogens with zero attached hydrogens (tertiary/aromatic N) is 1. The molecule has 1 aromatic heterocycles. The van der Waals surface area contributed by atoms with Crippen molar-refractivity contribution in [3.8, 4) is 0 Å². The van der Waals surface area contributed by atoms with Crippen LogP contribution in [0.1, 0.15) is 5.56 Å². The van der Waals surface area contributed by atoms with Crippen LogP contribution in [0.15, 0.2) is 41.1 Å². The lowest BCUT2D eigenvalue weighted by atomic mass is 10.3. The third-order valence-electron chi connectivity index (χ3n) is 2.70. The fourth-order valence-corrected chi connectivity index (χ4v) is 2.52. The first-order valence-corrected chi connectivity index (χ1v) is 7.25. The van der Waals surface area contributed by atoms with Crippen LogP contribution in [0.5, 0.6) is 0 Å². The van der Waals surface area contributed by atoms with E-state index in [0.717, 1.165) is 30.3 Å². The molecule has 1 aromatic carbocycles. The molecule has 0 fully saturated rings. The molecule has 0 unspecified atom stereocenters. The van der Waals surface area contributed by atoms with E-state index in [4.69, 9.17) is 11.6 Å². The molecule has 96 valence electrons. The largest absolute Gasteiger partial charge is 0.384 e. The highest BCUT2D eigenvalue weighted by Gasteiger charge is 2.00. The molecular formula is C14H17ClN2S. The molecule has 0 aliphatic heterocycles. The SMILES string of the molecule is CN(CCNc1ccc(Cl)cc1)Cc1ccsc1. The number of rotatable bonds is 6. The van der Waals surface area contributed by atoms with Gasteiger partial charge in [-0.05, 0) is 53.7 Å². The summed E-state index contributed by atoms with van der Waals surface area (Å²) < 4.78 is 0. The van der Waals surface area contributed by atoms with E-state index in [1.54, 1.807) is 11.3 Å². The molecule has 0 spiro atoms. The minimum Gasteiger partial charge on any atom is -0.384 e. The Labute approximate surface area is 117 Å². The molecule has 2 nitrogen and oxygen atoms in total. The minimum absolute atomic E-state index is 0.773. The van der Waals surface area contributed by atoms with Gasteiger partial charge in [0.1, 0.15) is 0 Å². The first-order valence-electron chi connectivity index (χ1n) is 5.93. The van der Waals surface area contributed by atoms with E-state index in [9.17, 15) is 0 Å². The molecular weight excluding hydrogens is 264 g/mol. The third-order valence-corrected chi connectivity index (χ3v) is 3.68. The molecule has 1 heterocycles. The summed E-state index contributed by atoms with van der Waals surface area (Å²) in [5.41, 5.74) is 2.50. The van der Waals surface area contributed by atoms with Crippen LogP contribution >= 0.6 is 22.9 Å². The monoisotopic (exact) mass is 280 g/mol. The van der Waals surface area contributed by atoms with E-state index in [-0.39, 0.29) is 0 Å². The van der Waals surface area contributed by atoms with Crippen molar-refractivity contribution in [3.63, 3.8) is 0 Å². The number of anilines is 1. The van der Waals surface area contributed by atoms with Crippen molar-refractivity contribution >= 4 is 28.6 Å². The number of halogens is 1. The molecule has 0 amide bonds. The fourth-order valence-electron chi connectivity index (χ4n) is 1.73. The lowest BCUT2D eigenvalue weighted by Crippen LogP contribution is -2.24. The molecule has 0 saturated carbocycles. The molecule has 18 heavy (non-hydrogen) atoms. The molecule has 4 heteroatoms. The number of nitrogens with one attached hydrogen (secondary N) is 1. The van der Waals surface area contributed by atoms with Gasteiger partial charge in [-0.1, -0.05) is 11.6 Å². The second kappa shape index (κ2) is 6.78. The number of hydrogen-bond acceptors (Lipinski definition) is 3. The lowest BCUT2D eigenvalue weighted by Gasteiger charge is -2.16. The van der Waals surface area contributed by atoms with E-state index >= 15 is 0 Å². The maximum atomic E-state index is 5.84. The lowest BCUT2D eigenvalue weighted by molar-refractivity contribution is 0.340. The van der Waals surface area contributed by atoms with Crippen molar-refractivity contribution in [2.24, 2.45) is 0 Å². The van der Waals surface area contributed by atoms with E-state index in [0.29, 0.717) is 0 Å². The number of hydrogen-bond donors (Lipinski definition) is 1. The Morgan fingerprint density at radius 1 is 1.22 bits per heavy atom. The van der Waals surface area contributed by atoms with Gasteiger partial charge in [0, 0.05) is 30.3 Å². The van der Waals surface area contributed by atoms with Crippen LogP contribution in [-0.2, 0) is 6.54 Å². The van der Waals surface area contributed by atoms with Gasteiger partial charge in [0.05, 0.1) is 0 Å². The molecule has 2 aromatic rings. The topological polar surface area (TPSA) is 15.3 Å². The van der Waals surface area contributed by atoms with Gasteiger partial charge in [0.15, 0.2) is 0 Å². The Bertz CT molecular complexity index is 453. The third kappa shape index (κ3) is 4.33. The Kier molecular flexibility index (Phi) is 5.05. The second-order valence-electron chi connectivity index (χ2n) is 4.30. The molecule has 2 rings (SSSR count). The quantitative estimate of drug-likeness (QED) is 0.862. The van der Waals surface area contributed by atoms with Crippen LogP contribution in [0.3, 0.4) is 0 Å². The summed E-state index contributed by atoms with van der Waals surface area (Å²) >= 11 is 7.59. The zero-order valence-corrected chi connectivity index (χ0v) is 12.0.